The van der Waals surface area contributed by atoms with Crippen molar-refractivity contribution in [2.45, 2.75) is 0 Å². The lowest BCUT2D eigenvalue weighted by Crippen LogP contribution is -2.10. The Labute approximate surface area is 142 Å². The first-order chi connectivity index (χ1) is 12.1. The van der Waals surface area contributed by atoms with Crippen molar-refractivity contribution in [3.8, 4) is 11.3 Å². The van der Waals surface area contributed by atoms with Crippen LogP contribution in [0, 0.1) is 10.1 Å². The summed E-state index contributed by atoms with van der Waals surface area (Å²) in [5, 5.41) is 14.7. The molecule has 0 bridgehead atoms. The number of aromatic amines is 1. The third-order valence-electron chi connectivity index (χ3n) is 3.28. The summed E-state index contributed by atoms with van der Waals surface area (Å²) in [6.45, 7) is 0. The maximum Gasteiger partial charge on any atom is 0.270 e. The van der Waals surface area contributed by atoms with Crippen LogP contribution in [0.15, 0.2) is 70.6 Å². The monoisotopic (exact) mass is 335 g/mol. The van der Waals surface area contributed by atoms with Gasteiger partial charge in [-0.3, -0.25) is 19.9 Å². The number of aromatic nitrogens is 2. The molecule has 0 saturated carbocycles. The van der Waals surface area contributed by atoms with E-state index < -0.39 is 4.92 Å². The summed E-state index contributed by atoms with van der Waals surface area (Å²) in [6.07, 6.45) is 1.40. The van der Waals surface area contributed by atoms with Crippen LogP contribution in [0.4, 0.5) is 11.6 Å². The van der Waals surface area contributed by atoms with Crippen molar-refractivity contribution in [3.05, 3.63) is 86.7 Å². The Hall–Kier alpha value is -3.81. The molecule has 0 fully saturated rings. The van der Waals surface area contributed by atoms with Crippen molar-refractivity contribution in [2.75, 3.05) is 5.43 Å². The molecule has 0 radical (unpaired) electrons. The van der Waals surface area contributed by atoms with Crippen LogP contribution in [0.3, 0.4) is 0 Å². The molecule has 0 aliphatic rings. The lowest BCUT2D eigenvalue weighted by molar-refractivity contribution is -0.384. The molecule has 0 atom stereocenters. The summed E-state index contributed by atoms with van der Waals surface area (Å²) in [7, 11) is 0. The van der Waals surface area contributed by atoms with E-state index in [0.29, 0.717) is 11.3 Å². The highest BCUT2D eigenvalue weighted by molar-refractivity contribution is 5.81. The molecule has 0 spiro atoms. The van der Waals surface area contributed by atoms with Gasteiger partial charge in [0.15, 0.2) is 0 Å². The number of hydrazone groups is 1. The third kappa shape index (κ3) is 4.14. The number of rotatable bonds is 5. The fourth-order valence-corrected chi connectivity index (χ4v) is 2.15. The molecule has 1 aromatic heterocycles. The Kier molecular flexibility index (Phi) is 4.61. The van der Waals surface area contributed by atoms with Gasteiger partial charge < -0.3 is 0 Å². The number of non-ortho nitro benzene ring substituents is 1. The minimum atomic E-state index is -0.479. The molecule has 3 aromatic rings. The summed E-state index contributed by atoms with van der Waals surface area (Å²) in [6, 6.07) is 16.7. The summed E-state index contributed by atoms with van der Waals surface area (Å²) < 4.78 is 0. The number of nitrogens with zero attached hydrogens (tertiary/aromatic N) is 3. The highest BCUT2D eigenvalue weighted by atomic mass is 16.6. The first-order valence-electron chi connectivity index (χ1n) is 7.32. The van der Waals surface area contributed by atoms with Gasteiger partial charge in [-0.25, -0.2) is 10.4 Å². The lowest BCUT2D eigenvalue weighted by atomic mass is 10.1. The van der Waals surface area contributed by atoms with E-state index in [1.165, 1.54) is 24.4 Å². The van der Waals surface area contributed by atoms with Crippen LogP contribution in [0.5, 0.6) is 0 Å². The zero-order chi connectivity index (χ0) is 17.6. The summed E-state index contributed by atoms with van der Waals surface area (Å²) >= 11 is 0. The summed E-state index contributed by atoms with van der Waals surface area (Å²) in [5.74, 6) is 0.174. The number of hydrogen-bond donors (Lipinski definition) is 2. The predicted octanol–water partition coefficient (Wildman–Crippen LogP) is 2.79. The van der Waals surface area contributed by atoms with Gasteiger partial charge in [0.1, 0.15) is 0 Å². The number of benzene rings is 2. The van der Waals surface area contributed by atoms with E-state index >= 15 is 0 Å². The van der Waals surface area contributed by atoms with Gasteiger partial charge in [-0.05, 0) is 0 Å². The van der Waals surface area contributed by atoms with E-state index in [9.17, 15) is 14.9 Å². The highest BCUT2D eigenvalue weighted by Gasteiger charge is 2.05. The number of anilines is 1. The van der Waals surface area contributed by atoms with Crippen LogP contribution in [0.1, 0.15) is 5.56 Å². The zero-order valence-electron chi connectivity index (χ0n) is 12.9. The van der Waals surface area contributed by atoms with Crippen molar-refractivity contribution < 1.29 is 4.92 Å². The molecular formula is C17H13N5O3. The first-order valence-corrected chi connectivity index (χ1v) is 7.32. The van der Waals surface area contributed by atoms with Crippen LogP contribution in [-0.4, -0.2) is 21.1 Å². The van der Waals surface area contributed by atoms with Crippen molar-refractivity contribution in [2.24, 2.45) is 5.10 Å². The Morgan fingerprint density at radius 1 is 1.12 bits per heavy atom. The average molecular weight is 335 g/mol. The molecule has 0 aliphatic carbocycles. The first kappa shape index (κ1) is 16.1. The van der Waals surface area contributed by atoms with Gasteiger partial charge >= 0.3 is 0 Å². The Morgan fingerprint density at radius 2 is 1.92 bits per heavy atom. The average Bonchev–Trinajstić information content (AvgIpc) is 2.62. The van der Waals surface area contributed by atoms with E-state index in [0.717, 1.165) is 5.56 Å². The van der Waals surface area contributed by atoms with Gasteiger partial charge in [-0.15, -0.1) is 0 Å². The van der Waals surface area contributed by atoms with E-state index in [1.54, 1.807) is 12.1 Å². The maximum absolute atomic E-state index is 11.8. The van der Waals surface area contributed by atoms with Crippen molar-refractivity contribution in [1.82, 2.24) is 9.97 Å². The minimum Gasteiger partial charge on any atom is -0.291 e. The molecule has 3 rings (SSSR count). The second-order valence-electron chi connectivity index (χ2n) is 5.07. The molecule has 124 valence electrons. The van der Waals surface area contributed by atoms with E-state index in [2.05, 4.69) is 20.5 Å². The summed E-state index contributed by atoms with van der Waals surface area (Å²) in [5.41, 5.74) is 4.14. The molecule has 0 saturated heterocycles. The smallest absolute Gasteiger partial charge is 0.270 e. The van der Waals surface area contributed by atoms with Gasteiger partial charge in [0.05, 0.1) is 16.8 Å². The Morgan fingerprint density at radius 3 is 2.68 bits per heavy atom. The van der Waals surface area contributed by atoms with Gasteiger partial charge in [-0.2, -0.15) is 5.10 Å². The van der Waals surface area contributed by atoms with Crippen LogP contribution in [0.2, 0.25) is 0 Å². The molecule has 0 aliphatic heterocycles. The van der Waals surface area contributed by atoms with E-state index in [4.69, 9.17) is 0 Å². The van der Waals surface area contributed by atoms with Crippen LogP contribution >= 0.6 is 0 Å². The second-order valence-corrected chi connectivity index (χ2v) is 5.07. The normalized spacial score (nSPS) is 10.7. The molecule has 8 heteroatoms. The number of nitrogens with one attached hydrogen (secondary N) is 2. The standard InChI is InChI=1S/C17H13N5O3/c23-16-10-15(13-6-2-1-3-7-13)19-17(20-16)21-18-11-12-5-4-8-14(9-12)22(24)25/h1-11H,(H2,19,20,21,23)/b18-11+. The van der Waals surface area contributed by atoms with Crippen molar-refractivity contribution in [1.29, 1.82) is 0 Å². The molecular weight excluding hydrogens is 322 g/mol. The molecule has 1 heterocycles. The molecule has 2 aromatic carbocycles. The van der Waals surface area contributed by atoms with E-state index in [-0.39, 0.29) is 17.2 Å². The van der Waals surface area contributed by atoms with Crippen LogP contribution in [0.25, 0.3) is 11.3 Å². The SMILES string of the molecule is O=c1cc(-c2ccccc2)nc(N/N=C/c2cccc([N+](=O)[O-])c2)[nH]1. The maximum atomic E-state index is 11.8. The van der Waals surface area contributed by atoms with Gasteiger partial charge in [0, 0.05) is 29.3 Å². The Balaban J connectivity index is 1.79. The molecule has 8 nitrogen and oxygen atoms in total. The number of H-pyrrole nitrogens is 1. The molecule has 2 N–H and O–H groups in total. The lowest BCUT2D eigenvalue weighted by Gasteiger charge is -2.03. The minimum absolute atomic E-state index is 0.0263. The highest BCUT2D eigenvalue weighted by Crippen LogP contribution is 2.15. The van der Waals surface area contributed by atoms with Gasteiger partial charge in [-0.1, -0.05) is 42.5 Å². The van der Waals surface area contributed by atoms with Crippen molar-refractivity contribution >= 4 is 17.9 Å². The molecule has 0 amide bonds. The summed E-state index contributed by atoms with van der Waals surface area (Å²) in [4.78, 5) is 28.9. The fourth-order valence-electron chi connectivity index (χ4n) is 2.15. The second kappa shape index (κ2) is 7.18. The predicted molar refractivity (Wildman–Crippen MR) is 94.6 cm³/mol. The van der Waals surface area contributed by atoms with Crippen LogP contribution < -0.4 is 11.0 Å². The molecule has 0 unspecified atom stereocenters. The Bertz CT molecular complexity index is 983. The van der Waals surface area contributed by atoms with Gasteiger partial charge in [0.2, 0.25) is 5.95 Å². The quantitative estimate of drug-likeness (QED) is 0.423. The molecule has 25 heavy (non-hydrogen) atoms. The van der Waals surface area contributed by atoms with E-state index in [1.807, 2.05) is 30.3 Å². The van der Waals surface area contributed by atoms with Gasteiger partial charge in [0.25, 0.3) is 11.2 Å². The third-order valence-corrected chi connectivity index (χ3v) is 3.28. The van der Waals surface area contributed by atoms with Crippen molar-refractivity contribution in [3.63, 3.8) is 0 Å². The number of hydrogen-bond acceptors (Lipinski definition) is 6. The largest absolute Gasteiger partial charge is 0.291 e. The fraction of sp³-hybridized carbons (Fsp3) is 0. The topological polar surface area (TPSA) is 113 Å². The van der Waals surface area contributed by atoms with Crippen LogP contribution in [-0.2, 0) is 0 Å². The number of nitro benzene ring substituents is 1. The zero-order valence-corrected chi connectivity index (χ0v) is 12.9. The number of nitro groups is 1.